The quantitative estimate of drug-likeness (QED) is 0.748. The van der Waals surface area contributed by atoms with E-state index < -0.39 is 0 Å². The molecule has 0 unspecified atom stereocenters. The lowest BCUT2D eigenvalue weighted by atomic mass is 10.1. The second-order valence-corrected chi connectivity index (χ2v) is 5.01. The van der Waals surface area contributed by atoms with E-state index in [1.165, 1.54) is 0 Å². The first-order chi connectivity index (χ1) is 9.16. The highest BCUT2D eigenvalue weighted by Crippen LogP contribution is 2.27. The van der Waals surface area contributed by atoms with Gasteiger partial charge in [0.05, 0.1) is 10.2 Å². The highest BCUT2D eigenvalue weighted by molar-refractivity contribution is 9.10. The van der Waals surface area contributed by atoms with Crippen LogP contribution in [0.15, 0.2) is 41.0 Å². The number of halogens is 1. The Hall–Kier alpha value is -2.01. The normalized spacial score (nSPS) is 10.8. The molecule has 0 aliphatic heterocycles. The monoisotopic (exact) mass is 314 g/mol. The van der Waals surface area contributed by atoms with E-state index in [9.17, 15) is 0 Å². The molecule has 0 aliphatic carbocycles. The number of aryl methyl sites for hydroxylation is 1. The Morgan fingerprint density at radius 2 is 1.89 bits per heavy atom. The molecule has 0 fully saturated rings. The molecule has 94 valence electrons. The van der Waals surface area contributed by atoms with Gasteiger partial charge in [0, 0.05) is 11.6 Å². The number of anilines is 1. The van der Waals surface area contributed by atoms with Gasteiger partial charge in [-0.25, -0.2) is 9.97 Å². The predicted molar refractivity (Wildman–Crippen MR) is 79.6 cm³/mol. The molecule has 3 rings (SSSR count). The van der Waals surface area contributed by atoms with E-state index in [0.717, 1.165) is 26.6 Å². The maximum Gasteiger partial charge on any atom is 0.181 e. The van der Waals surface area contributed by atoms with Crippen LogP contribution in [0.5, 0.6) is 0 Å². The third-order valence-electron chi connectivity index (χ3n) is 2.93. The molecule has 1 aromatic carbocycles. The van der Waals surface area contributed by atoms with Crippen LogP contribution in [0.4, 0.5) is 5.82 Å². The van der Waals surface area contributed by atoms with Gasteiger partial charge in [-0.05, 0) is 34.3 Å². The van der Waals surface area contributed by atoms with Crippen molar-refractivity contribution in [1.29, 1.82) is 0 Å². The fraction of sp³-hybridized carbons (Fsp3) is 0.0714. The number of fused-ring (bicyclic) bond motifs is 1. The zero-order valence-corrected chi connectivity index (χ0v) is 11.8. The maximum atomic E-state index is 5.88. The molecule has 0 saturated heterocycles. The molecule has 0 bridgehead atoms. The van der Waals surface area contributed by atoms with E-state index in [1.807, 2.05) is 37.3 Å². The van der Waals surface area contributed by atoms with Gasteiger partial charge >= 0.3 is 0 Å². The highest BCUT2D eigenvalue weighted by Gasteiger charge is 2.12. The summed E-state index contributed by atoms with van der Waals surface area (Å²) in [5, 5.41) is 2.13. The Morgan fingerprint density at radius 1 is 1.11 bits per heavy atom. The van der Waals surface area contributed by atoms with Gasteiger partial charge in [-0.2, -0.15) is 0 Å². The first-order valence-corrected chi connectivity index (χ1v) is 6.60. The van der Waals surface area contributed by atoms with Crippen LogP contribution in [0.3, 0.4) is 0 Å². The van der Waals surface area contributed by atoms with Crippen molar-refractivity contribution in [3.8, 4) is 11.5 Å². The lowest BCUT2D eigenvalue weighted by molar-refractivity contribution is 1.09. The van der Waals surface area contributed by atoms with E-state index in [2.05, 4.69) is 30.9 Å². The summed E-state index contributed by atoms with van der Waals surface area (Å²) in [7, 11) is 0. The van der Waals surface area contributed by atoms with E-state index >= 15 is 0 Å². The maximum absolute atomic E-state index is 5.88. The molecule has 0 atom stereocenters. The average molecular weight is 315 g/mol. The summed E-state index contributed by atoms with van der Waals surface area (Å²) >= 11 is 3.37. The number of nitrogen functional groups attached to an aromatic ring is 1. The smallest absolute Gasteiger partial charge is 0.181 e. The van der Waals surface area contributed by atoms with Crippen LogP contribution in [0.25, 0.3) is 22.3 Å². The topological polar surface area (TPSA) is 64.7 Å². The lowest BCUT2D eigenvalue weighted by Gasteiger charge is -2.07. The first-order valence-electron chi connectivity index (χ1n) is 5.80. The minimum absolute atomic E-state index is 0.428. The van der Waals surface area contributed by atoms with E-state index in [0.29, 0.717) is 11.6 Å². The van der Waals surface area contributed by atoms with Crippen LogP contribution in [0.2, 0.25) is 0 Å². The molecule has 2 heterocycles. The van der Waals surface area contributed by atoms with Gasteiger partial charge in [0.1, 0.15) is 11.5 Å². The molecule has 0 aliphatic rings. The van der Waals surface area contributed by atoms with Crippen molar-refractivity contribution in [3.63, 3.8) is 0 Å². The summed E-state index contributed by atoms with van der Waals surface area (Å²) in [5.74, 6) is 0.979. The zero-order chi connectivity index (χ0) is 13.4. The summed E-state index contributed by atoms with van der Waals surface area (Å²) in [6, 6.07) is 9.98. The van der Waals surface area contributed by atoms with E-state index in [4.69, 9.17) is 5.73 Å². The van der Waals surface area contributed by atoms with E-state index in [-0.39, 0.29) is 0 Å². The summed E-state index contributed by atoms with van der Waals surface area (Å²) in [5.41, 5.74) is 7.43. The minimum Gasteiger partial charge on any atom is -0.383 e. The Labute approximate surface area is 118 Å². The van der Waals surface area contributed by atoms with Gasteiger partial charge in [-0.15, -0.1) is 0 Å². The van der Waals surface area contributed by atoms with Gasteiger partial charge in [0.2, 0.25) is 0 Å². The van der Waals surface area contributed by atoms with Crippen LogP contribution >= 0.6 is 15.9 Å². The van der Waals surface area contributed by atoms with Crippen LogP contribution in [0.1, 0.15) is 5.69 Å². The molecule has 2 N–H and O–H groups in total. The Kier molecular flexibility index (Phi) is 2.91. The van der Waals surface area contributed by atoms with Crippen molar-refractivity contribution < 1.29 is 0 Å². The minimum atomic E-state index is 0.428. The van der Waals surface area contributed by atoms with Gasteiger partial charge in [0.15, 0.2) is 5.82 Å². The number of rotatable bonds is 1. The number of aromatic nitrogens is 3. The van der Waals surface area contributed by atoms with Crippen molar-refractivity contribution in [2.45, 2.75) is 6.92 Å². The molecule has 2 aromatic heterocycles. The number of hydrogen-bond donors (Lipinski definition) is 1. The molecule has 19 heavy (non-hydrogen) atoms. The second-order valence-electron chi connectivity index (χ2n) is 4.21. The number of nitrogens with two attached hydrogens (primary N) is 1. The van der Waals surface area contributed by atoms with Crippen molar-refractivity contribution in [2.24, 2.45) is 0 Å². The number of benzene rings is 1. The predicted octanol–water partition coefficient (Wildman–Crippen LogP) is 3.34. The lowest BCUT2D eigenvalue weighted by Crippen LogP contribution is -2.01. The van der Waals surface area contributed by atoms with E-state index in [1.54, 1.807) is 6.20 Å². The van der Waals surface area contributed by atoms with Gasteiger partial charge in [0.25, 0.3) is 0 Å². The number of pyridine rings is 1. The molecular weight excluding hydrogens is 304 g/mol. The molecule has 0 amide bonds. The second kappa shape index (κ2) is 4.59. The fourth-order valence-corrected chi connectivity index (χ4v) is 2.16. The third-order valence-corrected chi connectivity index (χ3v) is 3.91. The molecule has 4 nitrogen and oxygen atoms in total. The fourth-order valence-electron chi connectivity index (χ4n) is 1.99. The summed E-state index contributed by atoms with van der Waals surface area (Å²) in [4.78, 5) is 13.2. The number of hydrogen-bond acceptors (Lipinski definition) is 4. The Bertz CT molecular complexity index is 742. The summed E-state index contributed by atoms with van der Waals surface area (Å²) < 4.78 is 0.733. The van der Waals surface area contributed by atoms with Crippen molar-refractivity contribution in [3.05, 3.63) is 46.7 Å². The molecule has 0 spiro atoms. The van der Waals surface area contributed by atoms with Crippen molar-refractivity contribution in [1.82, 2.24) is 15.0 Å². The van der Waals surface area contributed by atoms with Gasteiger partial charge in [-0.3, -0.25) is 4.98 Å². The van der Waals surface area contributed by atoms with Crippen LogP contribution in [-0.4, -0.2) is 15.0 Å². The largest absolute Gasteiger partial charge is 0.383 e. The summed E-state index contributed by atoms with van der Waals surface area (Å²) in [6.45, 7) is 1.89. The Morgan fingerprint density at radius 3 is 2.68 bits per heavy atom. The summed E-state index contributed by atoms with van der Waals surface area (Å²) in [6.07, 6.45) is 1.76. The Balaban J connectivity index is 2.31. The SMILES string of the molecule is Cc1nc(-c2nccc3ccccc23)nc(N)c1Br. The highest BCUT2D eigenvalue weighted by atomic mass is 79.9. The molecule has 5 heteroatoms. The van der Waals surface area contributed by atoms with Crippen LogP contribution < -0.4 is 5.73 Å². The van der Waals surface area contributed by atoms with Crippen molar-refractivity contribution in [2.75, 3.05) is 5.73 Å². The molecular formula is C14H11BrN4. The average Bonchev–Trinajstić information content (AvgIpc) is 2.43. The molecule has 0 saturated carbocycles. The van der Waals surface area contributed by atoms with Crippen LogP contribution in [-0.2, 0) is 0 Å². The molecule has 3 aromatic rings. The van der Waals surface area contributed by atoms with Crippen LogP contribution in [0, 0.1) is 6.92 Å². The third kappa shape index (κ3) is 2.06. The first kappa shape index (κ1) is 12.0. The van der Waals surface area contributed by atoms with Gasteiger partial charge < -0.3 is 5.73 Å². The number of nitrogens with zero attached hydrogens (tertiary/aromatic N) is 3. The standard InChI is InChI=1S/C14H11BrN4/c1-8-11(15)13(16)19-14(18-8)12-10-5-3-2-4-9(10)6-7-17-12/h2-7H,1H3,(H2,16,18,19). The molecule has 0 radical (unpaired) electrons. The zero-order valence-electron chi connectivity index (χ0n) is 10.3. The van der Waals surface area contributed by atoms with Crippen molar-refractivity contribution >= 4 is 32.5 Å². The van der Waals surface area contributed by atoms with Gasteiger partial charge in [-0.1, -0.05) is 24.3 Å².